The standard InChI is InChI=1S/C22H21N3O4/c26-19(23-18-12-6-10-16-9-4-5-11-17(16)18)14-25-21(28)20(27)24(22(25)29)13-15-7-2-1-3-8-15/h1-5,7-9,11,18H,6,10,12-14H2,(H,23,26)/t18-/m1/s1. The molecule has 7 heteroatoms. The molecule has 1 aliphatic heterocycles. The molecule has 2 aliphatic rings. The van der Waals surface area contributed by atoms with E-state index in [4.69, 9.17) is 0 Å². The van der Waals surface area contributed by atoms with Crippen LogP contribution in [0.15, 0.2) is 54.6 Å². The first-order valence-corrected chi connectivity index (χ1v) is 9.63. The highest BCUT2D eigenvalue weighted by Gasteiger charge is 2.45. The van der Waals surface area contributed by atoms with Gasteiger partial charge >= 0.3 is 17.8 Å². The first kappa shape index (κ1) is 18.9. The lowest BCUT2D eigenvalue weighted by molar-refractivity contribution is -0.144. The Labute approximate surface area is 168 Å². The molecule has 0 unspecified atom stereocenters. The molecule has 0 spiro atoms. The fraction of sp³-hybridized carbons (Fsp3) is 0.273. The number of hydrogen-bond donors (Lipinski definition) is 1. The number of carbonyl (C=O) groups excluding carboxylic acids is 4. The molecule has 0 saturated carbocycles. The quantitative estimate of drug-likeness (QED) is 0.625. The van der Waals surface area contributed by atoms with Crippen LogP contribution < -0.4 is 5.32 Å². The largest absolute Gasteiger partial charge is 0.348 e. The van der Waals surface area contributed by atoms with Crippen molar-refractivity contribution in [2.75, 3.05) is 6.54 Å². The van der Waals surface area contributed by atoms with Crippen molar-refractivity contribution in [3.05, 3.63) is 71.3 Å². The van der Waals surface area contributed by atoms with E-state index in [1.807, 2.05) is 30.3 Å². The molecule has 2 aromatic carbocycles. The van der Waals surface area contributed by atoms with Crippen LogP contribution in [-0.4, -0.2) is 40.1 Å². The van der Waals surface area contributed by atoms with Gasteiger partial charge in [-0.1, -0.05) is 54.6 Å². The zero-order valence-electron chi connectivity index (χ0n) is 15.8. The number of nitrogens with one attached hydrogen (secondary N) is 1. The fourth-order valence-corrected chi connectivity index (χ4v) is 3.88. The fourth-order valence-electron chi connectivity index (χ4n) is 3.88. The Morgan fingerprint density at radius 2 is 1.62 bits per heavy atom. The number of benzene rings is 2. The average Bonchev–Trinajstić information content (AvgIpc) is 2.93. The molecule has 1 N–H and O–H groups in total. The summed E-state index contributed by atoms with van der Waals surface area (Å²) in [7, 11) is 0. The molecule has 1 fully saturated rings. The molecule has 4 rings (SSSR count). The van der Waals surface area contributed by atoms with Crippen LogP contribution in [0.1, 0.15) is 35.6 Å². The van der Waals surface area contributed by atoms with Crippen LogP contribution in [0.2, 0.25) is 0 Å². The van der Waals surface area contributed by atoms with Crippen molar-refractivity contribution in [1.82, 2.24) is 15.1 Å². The summed E-state index contributed by atoms with van der Waals surface area (Å²) >= 11 is 0. The van der Waals surface area contributed by atoms with Crippen LogP contribution in [-0.2, 0) is 27.3 Å². The number of fused-ring (bicyclic) bond motifs is 1. The third kappa shape index (κ3) is 3.76. The van der Waals surface area contributed by atoms with Crippen LogP contribution in [0.25, 0.3) is 0 Å². The number of rotatable bonds is 5. The van der Waals surface area contributed by atoms with Crippen LogP contribution in [0.4, 0.5) is 4.79 Å². The number of hydrogen-bond acceptors (Lipinski definition) is 4. The monoisotopic (exact) mass is 391 g/mol. The van der Waals surface area contributed by atoms with Crippen molar-refractivity contribution < 1.29 is 19.2 Å². The van der Waals surface area contributed by atoms with E-state index in [2.05, 4.69) is 5.32 Å². The third-order valence-electron chi connectivity index (χ3n) is 5.32. The normalized spacial score (nSPS) is 18.8. The van der Waals surface area contributed by atoms with Crippen molar-refractivity contribution in [3.8, 4) is 0 Å². The number of carbonyl (C=O) groups is 4. The lowest BCUT2D eigenvalue weighted by Crippen LogP contribution is -2.43. The molecule has 7 nitrogen and oxygen atoms in total. The molecule has 1 aliphatic carbocycles. The van der Waals surface area contributed by atoms with Crippen LogP contribution >= 0.6 is 0 Å². The van der Waals surface area contributed by atoms with Gasteiger partial charge in [0.05, 0.1) is 12.6 Å². The third-order valence-corrected chi connectivity index (χ3v) is 5.32. The van der Waals surface area contributed by atoms with E-state index in [0.29, 0.717) is 0 Å². The summed E-state index contributed by atoms with van der Waals surface area (Å²) in [6.45, 7) is -0.467. The molecule has 2 aromatic rings. The lowest BCUT2D eigenvalue weighted by atomic mass is 9.88. The summed E-state index contributed by atoms with van der Waals surface area (Å²) in [5, 5.41) is 2.91. The van der Waals surface area contributed by atoms with Crippen molar-refractivity contribution >= 4 is 23.8 Å². The number of aryl methyl sites for hydroxylation is 1. The summed E-state index contributed by atoms with van der Waals surface area (Å²) in [5.41, 5.74) is 2.99. The molecule has 148 valence electrons. The summed E-state index contributed by atoms with van der Waals surface area (Å²) in [4.78, 5) is 51.3. The second kappa shape index (κ2) is 7.87. The molecule has 0 aromatic heterocycles. The smallest absolute Gasteiger partial charge is 0.335 e. The van der Waals surface area contributed by atoms with Gasteiger partial charge in [0.1, 0.15) is 6.54 Å². The average molecular weight is 391 g/mol. The number of amides is 5. The van der Waals surface area contributed by atoms with Crippen molar-refractivity contribution in [1.29, 1.82) is 0 Å². The Balaban J connectivity index is 1.43. The Bertz CT molecular complexity index is 973. The van der Waals surface area contributed by atoms with E-state index in [1.165, 1.54) is 5.56 Å². The van der Waals surface area contributed by atoms with E-state index in [-0.39, 0.29) is 12.6 Å². The van der Waals surface area contributed by atoms with E-state index < -0.39 is 30.3 Å². The van der Waals surface area contributed by atoms with Crippen molar-refractivity contribution in [2.45, 2.75) is 31.8 Å². The highest BCUT2D eigenvalue weighted by molar-refractivity contribution is 6.44. The van der Waals surface area contributed by atoms with E-state index >= 15 is 0 Å². The Kier molecular flexibility index (Phi) is 5.12. The van der Waals surface area contributed by atoms with Gasteiger partial charge < -0.3 is 5.32 Å². The highest BCUT2D eigenvalue weighted by atomic mass is 16.2. The van der Waals surface area contributed by atoms with Gasteiger partial charge in [0.2, 0.25) is 5.91 Å². The topological polar surface area (TPSA) is 86.8 Å². The molecule has 0 radical (unpaired) electrons. The molecular formula is C22H21N3O4. The second-order valence-corrected chi connectivity index (χ2v) is 7.26. The Morgan fingerprint density at radius 1 is 0.931 bits per heavy atom. The maximum atomic E-state index is 12.6. The zero-order valence-corrected chi connectivity index (χ0v) is 15.8. The van der Waals surface area contributed by atoms with Gasteiger partial charge in [-0.05, 0) is 36.0 Å². The van der Waals surface area contributed by atoms with Gasteiger partial charge in [0.25, 0.3) is 0 Å². The lowest BCUT2D eigenvalue weighted by Gasteiger charge is -2.27. The maximum absolute atomic E-state index is 12.6. The van der Waals surface area contributed by atoms with Gasteiger partial charge in [-0.25, -0.2) is 9.69 Å². The van der Waals surface area contributed by atoms with Gasteiger partial charge in [0, 0.05) is 0 Å². The first-order valence-electron chi connectivity index (χ1n) is 9.63. The molecular weight excluding hydrogens is 370 g/mol. The molecule has 1 atom stereocenters. The SMILES string of the molecule is O=C(CN1C(=O)C(=O)N(Cc2ccccc2)C1=O)N[C@@H]1CCCc2ccccc21. The van der Waals surface area contributed by atoms with Crippen molar-refractivity contribution in [2.24, 2.45) is 0 Å². The van der Waals surface area contributed by atoms with Crippen LogP contribution in [0.5, 0.6) is 0 Å². The number of urea groups is 1. The van der Waals surface area contributed by atoms with E-state index in [9.17, 15) is 19.2 Å². The van der Waals surface area contributed by atoms with Crippen molar-refractivity contribution in [3.63, 3.8) is 0 Å². The number of imide groups is 2. The first-order chi connectivity index (χ1) is 14.0. The summed E-state index contributed by atoms with van der Waals surface area (Å²) in [6, 6.07) is 15.9. The predicted octanol–water partition coefficient (Wildman–Crippen LogP) is 2.17. The summed E-state index contributed by atoms with van der Waals surface area (Å²) in [5.74, 6) is -2.33. The van der Waals surface area contributed by atoms with E-state index in [0.717, 1.165) is 40.2 Å². The minimum absolute atomic E-state index is 0.00162. The van der Waals surface area contributed by atoms with Gasteiger partial charge in [-0.15, -0.1) is 0 Å². The molecule has 29 heavy (non-hydrogen) atoms. The predicted molar refractivity (Wildman–Crippen MR) is 104 cm³/mol. The maximum Gasteiger partial charge on any atom is 0.335 e. The van der Waals surface area contributed by atoms with Crippen LogP contribution in [0, 0.1) is 0 Å². The zero-order chi connectivity index (χ0) is 20.4. The Morgan fingerprint density at radius 3 is 2.41 bits per heavy atom. The van der Waals surface area contributed by atoms with Crippen LogP contribution in [0.3, 0.4) is 0 Å². The minimum atomic E-state index is -0.967. The van der Waals surface area contributed by atoms with Gasteiger partial charge in [-0.3, -0.25) is 19.3 Å². The molecule has 1 saturated heterocycles. The highest BCUT2D eigenvalue weighted by Crippen LogP contribution is 2.29. The number of nitrogens with zero attached hydrogens (tertiary/aromatic N) is 2. The van der Waals surface area contributed by atoms with Gasteiger partial charge in [-0.2, -0.15) is 0 Å². The molecule has 1 heterocycles. The molecule has 0 bridgehead atoms. The molecule has 5 amide bonds. The minimum Gasteiger partial charge on any atom is -0.348 e. The summed E-state index contributed by atoms with van der Waals surface area (Å²) < 4.78 is 0. The van der Waals surface area contributed by atoms with Gasteiger partial charge in [0.15, 0.2) is 0 Å². The summed E-state index contributed by atoms with van der Waals surface area (Å²) in [6.07, 6.45) is 2.71. The van der Waals surface area contributed by atoms with E-state index in [1.54, 1.807) is 24.3 Å². The second-order valence-electron chi connectivity index (χ2n) is 7.26. The Hall–Kier alpha value is -3.48.